The number of nitrogens with zero attached hydrogens (tertiary/aromatic N) is 4. The minimum atomic E-state index is -0.174. The molecule has 4 aromatic rings. The summed E-state index contributed by atoms with van der Waals surface area (Å²) in [5.41, 5.74) is 4.68. The Kier molecular flexibility index (Phi) is 5.76. The smallest absolute Gasteiger partial charge is 0.251 e. The van der Waals surface area contributed by atoms with E-state index in [0.29, 0.717) is 18.1 Å². The average molecular weight is 417 g/mol. The normalized spacial score (nSPS) is 10.6. The van der Waals surface area contributed by atoms with E-state index in [2.05, 4.69) is 30.6 Å². The summed E-state index contributed by atoms with van der Waals surface area (Å²) in [6.45, 7) is 4.18. The van der Waals surface area contributed by atoms with Gasteiger partial charge >= 0.3 is 0 Å². The summed E-state index contributed by atoms with van der Waals surface area (Å²) in [4.78, 5) is 30.2. The van der Waals surface area contributed by atoms with Gasteiger partial charge in [0.1, 0.15) is 5.01 Å². The molecule has 0 spiro atoms. The van der Waals surface area contributed by atoms with Crippen LogP contribution in [0.2, 0.25) is 0 Å². The second-order valence-corrected chi connectivity index (χ2v) is 7.58. The van der Waals surface area contributed by atoms with Crippen LogP contribution in [0.25, 0.3) is 10.7 Å². The number of hydrogen-bond donors (Lipinski definition) is 2. The van der Waals surface area contributed by atoms with Crippen molar-refractivity contribution in [3.05, 3.63) is 82.8 Å². The second kappa shape index (κ2) is 8.79. The van der Waals surface area contributed by atoms with Crippen LogP contribution in [0.4, 0.5) is 11.6 Å². The Morgan fingerprint density at radius 2 is 1.83 bits per heavy atom. The van der Waals surface area contributed by atoms with Gasteiger partial charge in [-0.25, -0.2) is 15.0 Å². The molecule has 0 aliphatic heterocycles. The molecule has 3 heterocycles. The van der Waals surface area contributed by atoms with E-state index in [1.807, 2.05) is 55.6 Å². The predicted molar refractivity (Wildman–Crippen MR) is 118 cm³/mol. The molecule has 0 radical (unpaired) electrons. The lowest BCUT2D eigenvalue weighted by atomic mass is 10.2. The Labute approximate surface area is 178 Å². The summed E-state index contributed by atoms with van der Waals surface area (Å²) in [6.07, 6.45) is 1.74. The Morgan fingerprint density at radius 3 is 2.60 bits per heavy atom. The van der Waals surface area contributed by atoms with Crippen molar-refractivity contribution < 1.29 is 4.79 Å². The van der Waals surface area contributed by atoms with E-state index in [9.17, 15) is 4.79 Å². The van der Waals surface area contributed by atoms with E-state index < -0.39 is 0 Å². The zero-order chi connectivity index (χ0) is 20.9. The zero-order valence-electron chi connectivity index (χ0n) is 16.6. The van der Waals surface area contributed by atoms with Crippen LogP contribution in [0.15, 0.2) is 60.1 Å². The highest BCUT2D eigenvalue weighted by molar-refractivity contribution is 7.13. The summed E-state index contributed by atoms with van der Waals surface area (Å²) in [7, 11) is 0. The summed E-state index contributed by atoms with van der Waals surface area (Å²) < 4.78 is 0. The lowest BCUT2D eigenvalue weighted by Crippen LogP contribution is -2.23. The van der Waals surface area contributed by atoms with Crippen molar-refractivity contribution in [3.8, 4) is 10.7 Å². The van der Waals surface area contributed by atoms with Crippen LogP contribution >= 0.6 is 11.3 Å². The van der Waals surface area contributed by atoms with Crippen LogP contribution < -0.4 is 10.6 Å². The minimum Gasteiger partial charge on any atom is -0.346 e. The monoisotopic (exact) mass is 416 g/mol. The molecule has 0 aliphatic carbocycles. The molecule has 4 rings (SSSR count). The molecule has 1 aromatic carbocycles. The van der Waals surface area contributed by atoms with Gasteiger partial charge in [0.05, 0.1) is 17.9 Å². The third-order valence-electron chi connectivity index (χ3n) is 4.23. The largest absolute Gasteiger partial charge is 0.346 e. The summed E-state index contributed by atoms with van der Waals surface area (Å²) >= 11 is 1.51. The molecule has 0 bridgehead atoms. The first-order valence-electron chi connectivity index (χ1n) is 9.40. The Hall–Kier alpha value is -3.65. The molecule has 3 aromatic heterocycles. The number of pyridine rings is 1. The molecule has 0 unspecified atom stereocenters. The first-order chi connectivity index (χ1) is 14.6. The van der Waals surface area contributed by atoms with Crippen molar-refractivity contribution in [3.63, 3.8) is 0 Å². The Morgan fingerprint density at radius 1 is 1.00 bits per heavy atom. The molecule has 8 heteroatoms. The maximum Gasteiger partial charge on any atom is 0.251 e. The standard InChI is InChI=1S/C22H20N6OS/c1-14-10-15(2)26-22(25-14)28-17-7-5-6-16(11-17)20(29)24-12-18-13-30-21(27-18)19-8-3-4-9-23-19/h3-11,13H,12H2,1-2H3,(H,24,29)(H,25,26,28). The topological polar surface area (TPSA) is 92.7 Å². The van der Waals surface area contributed by atoms with E-state index in [1.165, 1.54) is 11.3 Å². The van der Waals surface area contributed by atoms with E-state index in [1.54, 1.807) is 18.3 Å². The molecule has 150 valence electrons. The number of amides is 1. The number of thiazole rings is 1. The highest BCUT2D eigenvalue weighted by Crippen LogP contribution is 2.21. The number of aromatic nitrogens is 4. The van der Waals surface area contributed by atoms with Gasteiger partial charge in [0, 0.05) is 34.2 Å². The number of carbonyl (C=O) groups is 1. The summed E-state index contributed by atoms with van der Waals surface area (Å²) in [5, 5.41) is 8.83. The maximum atomic E-state index is 12.6. The van der Waals surface area contributed by atoms with Crippen LogP contribution in [0, 0.1) is 13.8 Å². The van der Waals surface area contributed by atoms with E-state index in [-0.39, 0.29) is 5.91 Å². The second-order valence-electron chi connectivity index (χ2n) is 6.72. The highest BCUT2D eigenvalue weighted by Gasteiger charge is 2.10. The van der Waals surface area contributed by atoms with Gasteiger partial charge in [-0.15, -0.1) is 11.3 Å². The minimum absolute atomic E-state index is 0.174. The Balaban J connectivity index is 1.40. The lowest BCUT2D eigenvalue weighted by Gasteiger charge is -2.09. The van der Waals surface area contributed by atoms with Crippen molar-refractivity contribution in [2.75, 3.05) is 5.32 Å². The number of nitrogens with one attached hydrogen (secondary N) is 2. The van der Waals surface area contributed by atoms with Gasteiger partial charge in [-0.1, -0.05) is 12.1 Å². The molecule has 2 N–H and O–H groups in total. The molecular formula is C22H20N6OS. The van der Waals surface area contributed by atoms with Gasteiger partial charge < -0.3 is 10.6 Å². The summed E-state index contributed by atoms with van der Waals surface area (Å²) in [6, 6.07) is 14.9. The third-order valence-corrected chi connectivity index (χ3v) is 5.14. The molecule has 0 fully saturated rings. The quantitative estimate of drug-likeness (QED) is 0.487. The number of anilines is 2. The number of carbonyl (C=O) groups excluding carboxylic acids is 1. The predicted octanol–water partition coefficient (Wildman–Crippen LogP) is 4.29. The summed E-state index contributed by atoms with van der Waals surface area (Å²) in [5.74, 6) is 0.335. The van der Waals surface area contributed by atoms with Gasteiger partial charge in [0.15, 0.2) is 0 Å². The van der Waals surface area contributed by atoms with Gasteiger partial charge in [-0.2, -0.15) is 0 Å². The van der Waals surface area contributed by atoms with Crippen molar-refractivity contribution in [2.24, 2.45) is 0 Å². The third kappa shape index (κ3) is 4.84. The lowest BCUT2D eigenvalue weighted by molar-refractivity contribution is 0.0950. The van der Waals surface area contributed by atoms with Crippen LogP contribution in [-0.2, 0) is 6.54 Å². The van der Waals surface area contributed by atoms with Gasteiger partial charge in [-0.3, -0.25) is 9.78 Å². The van der Waals surface area contributed by atoms with Crippen LogP contribution in [0.3, 0.4) is 0 Å². The van der Waals surface area contributed by atoms with Gasteiger partial charge in [0.2, 0.25) is 5.95 Å². The van der Waals surface area contributed by atoms with E-state index in [0.717, 1.165) is 33.5 Å². The zero-order valence-corrected chi connectivity index (χ0v) is 17.4. The molecule has 0 aliphatic rings. The van der Waals surface area contributed by atoms with Gasteiger partial charge in [0.25, 0.3) is 5.91 Å². The maximum absolute atomic E-state index is 12.6. The van der Waals surface area contributed by atoms with Crippen molar-refractivity contribution in [2.45, 2.75) is 20.4 Å². The van der Waals surface area contributed by atoms with Crippen molar-refractivity contribution in [1.29, 1.82) is 0 Å². The molecule has 7 nitrogen and oxygen atoms in total. The van der Waals surface area contributed by atoms with Crippen LogP contribution in [0.1, 0.15) is 27.4 Å². The van der Waals surface area contributed by atoms with E-state index >= 15 is 0 Å². The highest BCUT2D eigenvalue weighted by atomic mass is 32.1. The number of rotatable bonds is 6. The van der Waals surface area contributed by atoms with E-state index in [4.69, 9.17) is 0 Å². The van der Waals surface area contributed by atoms with Crippen molar-refractivity contribution in [1.82, 2.24) is 25.3 Å². The average Bonchev–Trinajstić information content (AvgIpc) is 3.21. The fourth-order valence-corrected chi connectivity index (χ4v) is 3.71. The first kappa shape index (κ1) is 19.7. The molecule has 0 atom stereocenters. The Bertz CT molecular complexity index is 1150. The van der Waals surface area contributed by atoms with Gasteiger partial charge in [-0.05, 0) is 50.2 Å². The number of aryl methyl sites for hydroxylation is 2. The first-order valence-corrected chi connectivity index (χ1v) is 10.3. The van der Waals surface area contributed by atoms with Crippen LogP contribution in [0.5, 0.6) is 0 Å². The van der Waals surface area contributed by atoms with Crippen molar-refractivity contribution >= 4 is 28.9 Å². The number of benzene rings is 1. The fraction of sp³-hybridized carbons (Fsp3) is 0.136. The SMILES string of the molecule is Cc1cc(C)nc(Nc2cccc(C(=O)NCc3csc(-c4ccccn4)n3)c2)n1. The molecular weight excluding hydrogens is 396 g/mol. The molecule has 30 heavy (non-hydrogen) atoms. The van der Waals surface area contributed by atoms with Crippen LogP contribution in [-0.4, -0.2) is 25.8 Å². The molecule has 0 saturated carbocycles. The molecule has 0 saturated heterocycles. The number of hydrogen-bond acceptors (Lipinski definition) is 7. The molecule has 1 amide bonds. The fourth-order valence-electron chi connectivity index (χ4n) is 2.92.